The maximum atomic E-state index is 13.4. The average molecular weight is 378 g/mol. The van der Waals surface area contributed by atoms with Crippen molar-refractivity contribution in [1.82, 2.24) is 5.32 Å². The first-order valence-electron chi connectivity index (χ1n) is 7.34. The number of hydrogen-bond acceptors (Lipinski definition) is 4. The van der Waals surface area contributed by atoms with Crippen LogP contribution in [0.15, 0.2) is 47.4 Å². The molecule has 0 saturated heterocycles. The minimum atomic E-state index is -3.79. The van der Waals surface area contributed by atoms with Crippen LogP contribution in [0.5, 0.6) is 0 Å². The van der Waals surface area contributed by atoms with E-state index in [0.717, 1.165) is 10.3 Å². The van der Waals surface area contributed by atoms with Crippen LogP contribution in [0.3, 0.4) is 0 Å². The number of sulfonamides is 1. The summed E-state index contributed by atoms with van der Waals surface area (Å²) in [6.07, 6.45) is 0. The largest absolute Gasteiger partial charge is 0.347 e. The van der Waals surface area contributed by atoms with Crippen molar-refractivity contribution >= 4 is 37.4 Å². The van der Waals surface area contributed by atoms with Crippen LogP contribution >= 0.6 is 11.3 Å². The van der Waals surface area contributed by atoms with Gasteiger partial charge in [-0.05, 0) is 53.8 Å². The molecule has 130 valence electrons. The summed E-state index contributed by atoms with van der Waals surface area (Å²) in [5, 5.41) is 8.57. The van der Waals surface area contributed by atoms with E-state index in [1.165, 1.54) is 35.6 Å². The number of nitrogens with one attached hydrogen (secondary N) is 1. The maximum Gasteiger partial charge on any atom is 0.261 e. The highest BCUT2D eigenvalue weighted by atomic mass is 32.2. The van der Waals surface area contributed by atoms with Crippen molar-refractivity contribution in [1.29, 1.82) is 0 Å². The number of nitrogens with two attached hydrogens (primary N) is 1. The molecule has 0 radical (unpaired) electrons. The van der Waals surface area contributed by atoms with E-state index < -0.39 is 10.0 Å². The highest BCUT2D eigenvalue weighted by Crippen LogP contribution is 2.31. The van der Waals surface area contributed by atoms with Gasteiger partial charge in [-0.3, -0.25) is 4.79 Å². The van der Waals surface area contributed by atoms with Crippen molar-refractivity contribution in [3.8, 4) is 0 Å². The minimum Gasteiger partial charge on any atom is -0.347 e. The molecule has 2 aromatic carbocycles. The van der Waals surface area contributed by atoms with Gasteiger partial charge in [0.1, 0.15) is 5.82 Å². The second kappa shape index (κ2) is 6.55. The first-order chi connectivity index (χ1) is 11.8. The summed E-state index contributed by atoms with van der Waals surface area (Å²) in [5.74, 6) is -0.639. The number of amides is 1. The number of rotatable bonds is 4. The third-order valence-corrected chi connectivity index (χ3v) is 5.97. The Balaban J connectivity index is 1.81. The predicted molar refractivity (Wildman–Crippen MR) is 95.5 cm³/mol. The van der Waals surface area contributed by atoms with E-state index >= 15 is 0 Å². The van der Waals surface area contributed by atoms with Gasteiger partial charge >= 0.3 is 0 Å². The quantitative estimate of drug-likeness (QED) is 0.731. The van der Waals surface area contributed by atoms with Gasteiger partial charge in [0.15, 0.2) is 0 Å². The standard InChI is InChI=1S/C17H15FN2O3S2/c1-10-14-8-12(18)5-6-15(14)24-16(10)17(21)20-9-11-3-2-4-13(7-11)25(19,22)23/h2-8H,9H2,1H3,(H,20,21)(H2,19,22,23). The lowest BCUT2D eigenvalue weighted by atomic mass is 10.1. The Morgan fingerprint density at radius 2 is 2.00 bits per heavy atom. The summed E-state index contributed by atoms with van der Waals surface area (Å²) in [7, 11) is -3.79. The lowest BCUT2D eigenvalue weighted by molar-refractivity contribution is 0.0954. The highest BCUT2D eigenvalue weighted by Gasteiger charge is 2.16. The molecule has 0 atom stereocenters. The number of aryl methyl sites for hydroxylation is 1. The van der Waals surface area contributed by atoms with Crippen LogP contribution in [0.4, 0.5) is 4.39 Å². The molecule has 0 saturated carbocycles. The molecule has 0 fully saturated rings. The Morgan fingerprint density at radius 1 is 1.24 bits per heavy atom. The minimum absolute atomic E-state index is 0.00670. The molecule has 25 heavy (non-hydrogen) atoms. The molecule has 0 spiro atoms. The summed E-state index contributed by atoms with van der Waals surface area (Å²) in [4.78, 5) is 12.9. The Hall–Kier alpha value is -2.29. The maximum absolute atomic E-state index is 13.4. The van der Waals surface area contributed by atoms with E-state index in [9.17, 15) is 17.6 Å². The number of fused-ring (bicyclic) bond motifs is 1. The Kier molecular flexibility index (Phi) is 4.59. The van der Waals surface area contributed by atoms with Crippen molar-refractivity contribution in [3.63, 3.8) is 0 Å². The molecule has 3 aromatic rings. The molecule has 5 nitrogen and oxygen atoms in total. The molecule has 0 aliphatic heterocycles. The molecular formula is C17H15FN2O3S2. The number of primary sulfonamides is 1. The van der Waals surface area contributed by atoms with E-state index in [2.05, 4.69) is 5.32 Å². The molecule has 8 heteroatoms. The number of benzene rings is 2. The van der Waals surface area contributed by atoms with Crippen molar-refractivity contribution in [2.75, 3.05) is 0 Å². The molecule has 1 amide bonds. The highest BCUT2D eigenvalue weighted by molar-refractivity contribution is 7.89. The average Bonchev–Trinajstić information content (AvgIpc) is 2.89. The van der Waals surface area contributed by atoms with Crippen molar-refractivity contribution in [3.05, 3.63) is 64.3 Å². The summed E-state index contributed by atoms with van der Waals surface area (Å²) in [5.41, 5.74) is 1.33. The topological polar surface area (TPSA) is 89.3 Å². The lowest BCUT2D eigenvalue weighted by Gasteiger charge is -2.06. The van der Waals surface area contributed by atoms with E-state index in [1.54, 1.807) is 25.1 Å². The number of hydrogen-bond donors (Lipinski definition) is 2. The molecule has 1 aromatic heterocycles. The second-order valence-corrected chi connectivity index (χ2v) is 8.19. The van der Waals surface area contributed by atoms with Gasteiger partial charge in [-0.15, -0.1) is 11.3 Å². The summed E-state index contributed by atoms with van der Waals surface area (Å²) in [6, 6.07) is 10.5. The molecule has 0 aliphatic carbocycles. The third-order valence-electron chi connectivity index (χ3n) is 3.78. The molecule has 0 unspecified atom stereocenters. The van der Waals surface area contributed by atoms with Crippen molar-refractivity contribution in [2.45, 2.75) is 18.4 Å². The van der Waals surface area contributed by atoms with Gasteiger partial charge in [-0.25, -0.2) is 17.9 Å². The number of thiophene rings is 1. The first-order valence-corrected chi connectivity index (χ1v) is 9.70. The zero-order chi connectivity index (χ0) is 18.2. The van der Waals surface area contributed by atoms with E-state index in [-0.39, 0.29) is 23.2 Å². The summed E-state index contributed by atoms with van der Waals surface area (Å²) in [6.45, 7) is 1.93. The van der Waals surface area contributed by atoms with Crippen LogP contribution < -0.4 is 10.5 Å². The van der Waals surface area contributed by atoms with Gasteiger partial charge in [0.25, 0.3) is 5.91 Å². The fourth-order valence-electron chi connectivity index (χ4n) is 2.50. The molecule has 0 aliphatic rings. The van der Waals surface area contributed by atoms with Crippen molar-refractivity contribution < 1.29 is 17.6 Å². The molecular weight excluding hydrogens is 363 g/mol. The molecule has 0 bridgehead atoms. The molecule has 1 heterocycles. The normalized spacial score (nSPS) is 11.6. The fourth-order valence-corrected chi connectivity index (χ4v) is 4.19. The Bertz CT molecular complexity index is 1070. The SMILES string of the molecule is Cc1c(C(=O)NCc2cccc(S(N)(=O)=O)c2)sc2ccc(F)cc12. The van der Waals surface area contributed by atoms with Crippen LogP contribution in [0.25, 0.3) is 10.1 Å². The van der Waals surface area contributed by atoms with Crippen LogP contribution in [-0.2, 0) is 16.6 Å². The molecule has 3 N–H and O–H groups in total. The Labute approximate surface area is 148 Å². The van der Waals surface area contributed by atoms with Crippen LogP contribution in [0, 0.1) is 12.7 Å². The predicted octanol–water partition coefficient (Wildman–Crippen LogP) is 2.93. The lowest BCUT2D eigenvalue weighted by Crippen LogP contribution is -2.22. The van der Waals surface area contributed by atoms with E-state index in [4.69, 9.17) is 5.14 Å². The van der Waals surface area contributed by atoms with Crippen LogP contribution in [0.1, 0.15) is 20.8 Å². The van der Waals surface area contributed by atoms with Gasteiger partial charge in [-0.2, -0.15) is 0 Å². The van der Waals surface area contributed by atoms with Gasteiger partial charge in [-0.1, -0.05) is 12.1 Å². The number of carbonyl (C=O) groups excluding carboxylic acids is 1. The molecule has 3 rings (SSSR count). The zero-order valence-electron chi connectivity index (χ0n) is 13.2. The summed E-state index contributed by atoms with van der Waals surface area (Å²) >= 11 is 1.29. The smallest absolute Gasteiger partial charge is 0.261 e. The van der Waals surface area contributed by atoms with Gasteiger partial charge in [0.2, 0.25) is 10.0 Å². The zero-order valence-corrected chi connectivity index (χ0v) is 14.9. The Morgan fingerprint density at radius 3 is 2.72 bits per heavy atom. The number of carbonyl (C=O) groups is 1. The second-order valence-electron chi connectivity index (χ2n) is 5.57. The van der Waals surface area contributed by atoms with Gasteiger partial charge in [0, 0.05) is 11.2 Å². The van der Waals surface area contributed by atoms with Crippen LogP contribution in [0.2, 0.25) is 0 Å². The third kappa shape index (κ3) is 3.71. The van der Waals surface area contributed by atoms with E-state index in [1.807, 2.05) is 0 Å². The van der Waals surface area contributed by atoms with Gasteiger partial charge in [0.05, 0.1) is 9.77 Å². The fraction of sp³-hybridized carbons (Fsp3) is 0.118. The summed E-state index contributed by atoms with van der Waals surface area (Å²) < 4.78 is 37.0. The monoisotopic (exact) mass is 378 g/mol. The van der Waals surface area contributed by atoms with Gasteiger partial charge < -0.3 is 5.32 Å². The van der Waals surface area contributed by atoms with Crippen molar-refractivity contribution in [2.24, 2.45) is 5.14 Å². The number of halogens is 1. The van der Waals surface area contributed by atoms with E-state index in [0.29, 0.717) is 15.8 Å². The van der Waals surface area contributed by atoms with Crippen LogP contribution in [-0.4, -0.2) is 14.3 Å². The first kappa shape index (κ1) is 17.5.